The number of thiophene rings is 1. The summed E-state index contributed by atoms with van der Waals surface area (Å²) in [6, 6.07) is 0. The van der Waals surface area contributed by atoms with Crippen LogP contribution < -0.4 is 10.9 Å². The van der Waals surface area contributed by atoms with Crippen LogP contribution in [-0.2, 0) is 11.3 Å². The topological polar surface area (TPSA) is 101 Å². The van der Waals surface area contributed by atoms with E-state index in [0.29, 0.717) is 16.9 Å². The summed E-state index contributed by atoms with van der Waals surface area (Å²) in [6.07, 6.45) is 3.13. The van der Waals surface area contributed by atoms with Crippen molar-refractivity contribution in [1.82, 2.24) is 14.9 Å². The third-order valence-corrected chi connectivity index (χ3v) is 4.47. The van der Waals surface area contributed by atoms with E-state index in [1.807, 2.05) is 6.92 Å². The Morgan fingerprint density at radius 3 is 2.82 bits per heavy atom. The van der Waals surface area contributed by atoms with E-state index in [-0.39, 0.29) is 22.7 Å². The first-order chi connectivity index (χ1) is 10.5. The SMILES string of the molecule is CCCCNC(=O)Cn1cnc2sc(C(=O)O)c(C)c2c1=O. The molecule has 0 bridgehead atoms. The summed E-state index contributed by atoms with van der Waals surface area (Å²) in [7, 11) is 0. The number of hydrogen-bond donors (Lipinski definition) is 2. The molecule has 2 heterocycles. The second-order valence-corrected chi connectivity index (χ2v) is 5.92. The van der Waals surface area contributed by atoms with Gasteiger partial charge in [-0.1, -0.05) is 13.3 Å². The van der Waals surface area contributed by atoms with E-state index in [9.17, 15) is 14.4 Å². The fourth-order valence-electron chi connectivity index (χ4n) is 2.09. The molecule has 2 rings (SSSR count). The van der Waals surface area contributed by atoms with Crippen LogP contribution in [0.2, 0.25) is 0 Å². The maximum atomic E-state index is 12.4. The lowest BCUT2D eigenvalue weighted by Gasteiger charge is -2.06. The molecule has 0 aliphatic rings. The summed E-state index contributed by atoms with van der Waals surface area (Å²) >= 11 is 0.966. The van der Waals surface area contributed by atoms with E-state index in [1.54, 1.807) is 6.92 Å². The molecule has 0 aliphatic heterocycles. The van der Waals surface area contributed by atoms with Crippen molar-refractivity contribution in [2.75, 3.05) is 6.54 Å². The molecule has 0 unspecified atom stereocenters. The van der Waals surface area contributed by atoms with Gasteiger partial charge in [0.1, 0.15) is 16.3 Å². The fourth-order valence-corrected chi connectivity index (χ4v) is 3.07. The number of carbonyl (C=O) groups excluding carboxylic acids is 1. The Hall–Kier alpha value is -2.22. The van der Waals surface area contributed by atoms with Gasteiger partial charge >= 0.3 is 5.97 Å². The van der Waals surface area contributed by atoms with Gasteiger partial charge in [-0.25, -0.2) is 9.78 Å². The van der Waals surface area contributed by atoms with Gasteiger partial charge in [0.25, 0.3) is 5.56 Å². The molecule has 2 N–H and O–H groups in total. The Bertz CT molecular complexity index is 778. The quantitative estimate of drug-likeness (QED) is 0.782. The van der Waals surface area contributed by atoms with E-state index in [2.05, 4.69) is 10.3 Å². The fraction of sp³-hybridized carbons (Fsp3) is 0.429. The average molecular weight is 323 g/mol. The number of unbranched alkanes of at least 4 members (excludes halogenated alkanes) is 1. The molecule has 0 saturated carbocycles. The predicted octanol–water partition coefficient (Wildman–Crippen LogP) is 1.38. The number of rotatable bonds is 6. The number of fused-ring (bicyclic) bond motifs is 1. The minimum atomic E-state index is -1.08. The van der Waals surface area contributed by atoms with Crippen LogP contribution in [-0.4, -0.2) is 33.1 Å². The molecule has 0 aromatic carbocycles. The highest BCUT2D eigenvalue weighted by molar-refractivity contribution is 7.20. The molecule has 22 heavy (non-hydrogen) atoms. The highest BCUT2D eigenvalue weighted by atomic mass is 32.1. The molecular formula is C14H17N3O4S. The van der Waals surface area contributed by atoms with Crippen molar-refractivity contribution in [3.8, 4) is 0 Å². The standard InChI is InChI=1S/C14H17N3O4S/c1-3-4-5-15-9(18)6-17-7-16-12-10(13(17)19)8(2)11(22-12)14(20)21/h7H,3-6H2,1-2H3,(H,15,18)(H,20,21). The maximum absolute atomic E-state index is 12.4. The zero-order chi connectivity index (χ0) is 16.3. The molecule has 0 spiro atoms. The smallest absolute Gasteiger partial charge is 0.346 e. The molecule has 118 valence electrons. The van der Waals surface area contributed by atoms with Crippen LogP contribution in [0.4, 0.5) is 0 Å². The Morgan fingerprint density at radius 2 is 2.18 bits per heavy atom. The molecule has 0 atom stereocenters. The lowest BCUT2D eigenvalue weighted by atomic mass is 10.2. The Labute approximate surface area is 130 Å². The van der Waals surface area contributed by atoms with Crippen LogP contribution in [0.15, 0.2) is 11.1 Å². The van der Waals surface area contributed by atoms with Gasteiger partial charge in [-0.3, -0.25) is 14.2 Å². The van der Waals surface area contributed by atoms with Crippen LogP contribution in [0.25, 0.3) is 10.2 Å². The van der Waals surface area contributed by atoms with Gasteiger partial charge in [0, 0.05) is 6.54 Å². The second kappa shape index (κ2) is 6.69. The van der Waals surface area contributed by atoms with Crippen molar-refractivity contribution in [1.29, 1.82) is 0 Å². The van der Waals surface area contributed by atoms with Crippen molar-refractivity contribution in [3.05, 3.63) is 27.1 Å². The number of aryl methyl sites for hydroxylation is 1. The summed E-state index contributed by atoms with van der Waals surface area (Å²) in [5.74, 6) is -1.34. The van der Waals surface area contributed by atoms with Gasteiger partial charge in [-0.2, -0.15) is 0 Å². The molecule has 2 aromatic rings. The van der Waals surface area contributed by atoms with E-state index in [0.717, 1.165) is 24.2 Å². The largest absolute Gasteiger partial charge is 0.477 e. The Kier molecular flexibility index (Phi) is 4.92. The number of carboxylic acids is 1. The minimum absolute atomic E-state index is 0.102. The van der Waals surface area contributed by atoms with E-state index in [4.69, 9.17) is 5.11 Å². The van der Waals surface area contributed by atoms with Crippen LogP contribution in [0.1, 0.15) is 35.0 Å². The zero-order valence-electron chi connectivity index (χ0n) is 12.4. The van der Waals surface area contributed by atoms with Gasteiger partial charge in [-0.05, 0) is 18.9 Å². The summed E-state index contributed by atoms with van der Waals surface area (Å²) in [5.41, 5.74) is 0.00244. The van der Waals surface area contributed by atoms with Crippen molar-refractivity contribution in [2.45, 2.75) is 33.2 Å². The van der Waals surface area contributed by atoms with Crippen LogP contribution in [0.5, 0.6) is 0 Å². The third kappa shape index (κ3) is 3.16. The van der Waals surface area contributed by atoms with Crippen molar-refractivity contribution in [2.24, 2.45) is 0 Å². The lowest BCUT2D eigenvalue weighted by molar-refractivity contribution is -0.121. The summed E-state index contributed by atoms with van der Waals surface area (Å²) in [4.78, 5) is 39.9. The van der Waals surface area contributed by atoms with Gasteiger partial charge in [0.2, 0.25) is 5.91 Å². The molecule has 2 aromatic heterocycles. The average Bonchev–Trinajstić information content (AvgIpc) is 2.80. The lowest BCUT2D eigenvalue weighted by Crippen LogP contribution is -2.32. The molecule has 8 heteroatoms. The number of aromatic carboxylic acids is 1. The highest BCUT2D eigenvalue weighted by Crippen LogP contribution is 2.26. The first-order valence-electron chi connectivity index (χ1n) is 6.94. The van der Waals surface area contributed by atoms with Gasteiger partial charge in [0.05, 0.1) is 11.7 Å². The first kappa shape index (κ1) is 16.2. The maximum Gasteiger partial charge on any atom is 0.346 e. The monoisotopic (exact) mass is 323 g/mol. The van der Waals surface area contributed by atoms with E-state index in [1.165, 1.54) is 10.9 Å². The number of carboxylic acid groups (broad SMARTS) is 1. The second-order valence-electron chi connectivity index (χ2n) is 4.92. The molecule has 7 nitrogen and oxygen atoms in total. The number of amides is 1. The number of hydrogen-bond acceptors (Lipinski definition) is 5. The zero-order valence-corrected chi connectivity index (χ0v) is 13.2. The molecule has 0 saturated heterocycles. The van der Waals surface area contributed by atoms with Crippen molar-refractivity contribution >= 4 is 33.4 Å². The summed E-state index contributed by atoms with van der Waals surface area (Å²) in [5, 5.41) is 12.1. The van der Waals surface area contributed by atoms with Crippen LogP contribution >= 0.6 is 11.3 Å². The highest BCUT2D eigenvalue weighted by Gasteiger charge is 2.19. The molecule has 0 fully saturated rings. The number of aromatic nitrogens is 2. The molecule has 1 amide bonds. The van der Waals surface area contributed by atoms with Crippen molar-refractivity contribution in [3.63, 3.8) is 0 Å². The normalized spacial score (nSPS) is 10.8. The van der Waals surface area contributed by atoms with E-state index >= 15 is 0 Å². The Morgan fingerprint density at radius 1 is 1.45 bits per heavy atom. The van der Waals surface area contributed by atoms with Crippen LogP contribution in [0.3, 0.4) is 0 Å². The molecular weight excluding hydrogens is 306 g/mol. The van der Waals surface area contributed by atoms with Crippen LogP contribution in [0, 0.1) is 6.92 Å². The number of nitrogens with one attached hydrogen (secondary N) is 1. The Balaban J connectivity index is 2.31. The third-order valence-electron chi connectivity index (χ3n) is 3.28. The predicted molar refractivity (Wildman–Crippen MR) is 83.5 cm³/mol. The summed E-state index contributed by atoms with van der Waals surface area (Å²) in [6.45, 7) is 4.05. The number of carbonyl (C=O) groups is 2. The van der Waals surface area contributed by atoms with Gasteiger partial charge in [0.15, 0.2) is 0 Å². The van der Waals surface area contributed by atoms with Crippen molar-refractivity contribution < 1.29 is 14.7 Å². The molecule has 0 radical (unpaired) electrons. The minimum Gasteiger partial charge on any atom is -0.477 e. The first-order valence-corrected chi connectivity index (χ1v) is 7.75. The summed E-state index contributed by atoms with van der Waals surface area (Å²) < 4.78 is 1.20. The van der Waals surface area contributed by atoms with Gasteiger partial charge in [-0.15, -0.1) is 11.3 Å². The molecule has 0 aliphatic carbocycles. The van der Waals surface area contributed by atoms with E-state index < -0.39 is 11.5 Å². The number of nitrogens with zero attached hydrogens (tertiary/aromatic N) is 2. The van der Waals surface area contributed by atoms with Gasteiger partial charge < -0.3 is 10.4 Å².